The summed E-state index contributed by atoms with van der Waals surface area (Å²) >= 11 is 5.50. The number of para-hydroxylation sites is 5. The Balaban J connectivity index is 0.000000119. The molecule has 20 aromatic rings. The molecule has 23 rings (SSSR count). The van der Waals surface area contributed by atoms with E-state index in [4.69, 9.17) is 9.47 Å². The van der Waals surface area contributed by atoms with Crippen molar-refractivity contribution in [3.63, 3.8) is 0 Å². The van der Waals surface area contributed by atoms with Gasteiger partial charge in [0.15, 0.2) is 0 Å². The molecule has 0 bridgehead atoms. The molecule has 3 aliphatic rings. The maximum Gasteiger partial charge on any atom is 0.149 e. The second-order valence-electron chi connectivity index (χ2n) is 33.0. The first-order valence-corrected chi connectivity index (χ1v) is 49.8. The predicted octanol–water partition coefficient (Wildman–Crippen LogP) is 34.6. The van der Waals surface area contributed by atoms with Crippen molar-refractivity contribution in [1.82, 2.24) is 0 Å². The molecule has 0 atom stereocenters. The minimum atomic E-state index is -1.88. The molecule has 626 valence electrons. The van der Waals surface area contributed by atoms with Crippen LogP contribution < -0.4 is 34.5 Å². The van der Waals surface area contributed by atoms with E-state index in [-0.39, 0.29) is 0 Å². The van der Waals surface area contributed by atoms with Crippen LogP contribution in [0.3, 0.4) is 0 Å². The van der Waals surface area contributed by atoms with Gasteiger partial charge in [0, 0.05) is 81.9 Å². The number of fused-ring (bicyclic) bond motifs is 6. The monoisotopic (exact) mass is 1750 g/mol. The minimum absolute atomic E-state index is 0.906. The number of hydrogen-bond acceptors (Lipinski definition) is 8. The first-order valence-electron chi connectivity index (χ1n) is 44.3. The Morgan fingerprint density at radius 1 is 0.168 bits per heavy atom. The Bertz CT molecular complexity index is 6900. The van der Waals surface area contributed by atoms with Crippen molar-refractivity contribution >= 4 is 105 Å². The van der Waals surface area contributed by atoms with Gasteiger partial charge >= 0.3 is 0 Å². The molecule has 3 aliphatic heterocycles. The van der Waals surface area contributed by atoms with Gasteiger partial charge in [-0.3, -0.25) is 0 Å². The maximum atomic E-state index is 6.59. The molecule has 3 heterocycles. The van der Waals surface area contributed by atoms with Crippen molar-refractivity contribution in [3.8, 4) is 112 Å². The van der Waals surface area contributed by atoms with Crippen LogP contribution in [-0.4, -0.2) is 8.07 Å². The molecule has 0 fully saturated rings. The number of benzene rings is 20. The van der Waals surface area contributed by atoms with Crippen LogP contribution in [0.2, 0.25) is 13.1 Å². The van der Waals surface area contributed by atoms with Crippen molar-refractivity contribution in [1.29, 1.82) is 0 Å². The van der Waals surface area contributed by atoms with Gasteiger partial charge in [-0.05, 0) is 240 Å². The lowest BCUT2D eigenvalue weighted by molar-refractivity contribution is 0.456. The van der Waals surface area contributed by atoms with Crippen LogP contribution in [0.25, 0.3) is 89.0 Å². The summed E-state index contributed by atoms with van der Waals surface area (Å²) in [6.07, 6.45) is 0. The molecule has 0 amide bonds. The number of anilines is 9. The van der Waals surface area contributed by atoms with E-state index in [1.165, 1.54) is 96.7 Å². The van der Waals surface area contributed by atoms with Crippen LogP contribution >= 0.6 is 35.3 Å². The Morgan fingerprint density at radius 3 is 0.802 bits per heavy atom. The summed E-state index contributed by atoms with van der Waals surface area (Å²) in [5.41, 5.74) is 29.1. The van der Waals surface area contributed by atoms with Gasteiger partial charge < -0.3 is 24.2 Å². The molecule has 0 aromatic heterocycles. The van der Waals surface area contributed by atoms with Crippen LogP contribution in [-0.2, 0) is 0 Å². The summed E-state index contributed by atoms with van der Waals surface area (Å²) < 4.78 is 13.0. The third-order valence-corrected chi connectivity index (χ3v) is 31.7. The highest BCUT2D eigenvalue weighted by Gasteiger charge is 2.38. The smallest absolute Gasteiger partial charge is 0.149 e. The summed E-state index contributed by atoms with van der Waals surface area (Å²) in [6, 6.07) is 179. The molecule has 20 aromatic carbocycles. The number of nitrogens with zero attached hydrogens (tertiary/aromatic N) is 3. The Hall–Kier alpha value is -15.3. The first-order chi connectivity index (χ1) is 64.7. The molecule has 0 spiro atoms. The van der Waals surface area contributed by atoms with E-state index in [0.717, 1.165) is 106 Å². The summed E-state index contributed by atoms with van der Waals surface area (Å²) in [4.78, 5) is 14.5. The largest absolute Gasteiger partial charge is 0.457 e. The fourth-order valence-corrected chi connectivity index (χ4v) is 23.9. The highest BCUT2D eigenvalue weighted by atomic mass is 32.2. The van der Waals surface area contributed by atoms with E-state index < -0.39 is 8.07 Å². The third-order valence-electron chi connectivity index (χ3n) is 24.5. The molecule has 0 N–H and O–H groups in total. The maximum absolute atomic E-state index is 6.59. The van der Waals surface area contributed by atoms with Gasteiger partial charge in [0.25, 0.3) is 0 Å². The lowest BCUT2D eigenvalue weighted by atomic mass is 10.0. The Kier molecular flexibility index (Phi) is 23.7. The van der Waals surface area contributed by atoms with Gasteiger partial charge in [0.1, 0.15) is 31.1 Å². The zero-order chi connectivity index (χ0) is 87.8. The molecule has 131 heavy (non-hydrogen) atoms. The standard InChI is InChI=1S/C42H29NOS.C42H29NS2.C38H31NOSi/c1-3-10-30(11-4-1)32-18-24-35(25-19-32)43(36-26-20-33(21-27-36)31-12-5-2-6-13-31)37-28-22-34(23-29-37)38-14-9-17-41-42(38)44-39-15-7-8-16-40(39)45-41;1-3-10-30(11-4-1)32-18-24-35(25-19-32)43(36-26-20-33(21-27-36)31-12-5-2-6-13-31)37-28-22-34(23-29-37)38-14-9-17-41-42(38)45-40-16-8-7-15-39(40)44-41;1-41(2)36-18-10-9-17-35(36)40-38-34(16-11-19-37(38)41)30-22-26-33(27-23-30)39(31-14-7-4-8-15-31)32-24-20-29(21-25-32)28-12-5-3-6-13-28/h2*1-29H;3-27H,1-2H3. The fourth-order valence-electron chi connectivity index (χ4n) is 17.7. The number of rotatable bonds is 17. The van der Waals surface area contributed by atoms with Crippen molar-refractivity contribution < 1.29 is 9.47 Å². The second kappa shape index (κ2) is 37.5. The van der Waals surface area contributed by atoms with Crippen LogP contribution in [0.4, 0.5) is 51.2 Å². The predicted molar refractivity (Wildman–Crippen MR) is 555 cm³/mol. The van der Waals surface area contributed by atoms with Crippen LogP contribution in [0.5, 0.6) is 23.0 Å². The second-order valence-corrected chi connectivity index (χ2v) is 40.6. The fraction of sp³-hybridized carbons (Fsp3) is 0.0164. The molecule has 0 radical (unpaired) electrons. The Morgan fingerprint density at radius 2 is 0.412 bits per heavy atom. The van der Waals surface area contributed by atoms with Crippen LogP contribution in [0, 0.1) is 0 Å². The highest BCUT2D eigenvalue weighted by molar-refractivity contribution is 8.05. The van der Waals surface area contributed by atoms with Gasteiger partial charge in [0.05, 0.1) is 9.79 Å². The quantitative estimate of drug-likeness (QED) is 0.0833. The Labute approximate surface area is 780 Å². The van der Waals surface area contributed by atoms with E-state index in [1.54, 1.807) is 11.8 Å². The van der Waals surface area contributed by atoms with Crippen molar-refractivity contribution in [2.24, 2.45) is 0 Å². The van der Waals surface area contributed by atoms with E-state index in [9.17, 15) is 0 Å². The lowest BCUT2D eigenvalue weighted by Gasteiger charge is -2.34. The molecule has 9 heteroatoms. The SMILES string of the molecule is C[Si]1(C)c2ccccc2Oc2c(-c3ccc(N(c4ccccc4)c4ccc(-c5ccccc5)cc4)cc3)cccc21.c1ccc(-c2ccc(N(c3ccc(-c4ccccc4)cc3)c3ccc(-c4cccc5c4Oc4ccccc4S5)cc3)cc2)cc1.c1ccc(-c2ccc(N(c3ccc(-c4ccccc4)cc3)c3ccc(-c4cccc5c4Sc4ccccc4S5)cc3)cc2)cc1. The van der Waals surface area contributed by atoms with Gasteiger partial charge in [-0.1, -0.05) is 400 Å². The van der Waals surface area contributed by atoms with E-state index in [0.29, 0.717) is 0 Å². The summed E-state index contributed by atoms with van der Waals surface area (Å²) in [5, 5.41) is 2.71. The number of hydrogen-bond donors (Lipinski definition) is 0. The van der Waals surface area contributed by atoms with Crippen molar-refractivity contribution in [2.45, 2.75) is 42.5 Å². The molecule has 0 unspecified atom stereocenters. The van der Waals surface area contributed by atoms with Crippen molar-refractivity contribution in [2.75, 3.05) is 14.7 Å². The average molecular weight is 1750 g/mol. The summed E-state index contributed by atoms with van der Waals surface area (Å²) in [7, 11) is -1.88. The van der Waals surface area contributed by atoms with Gasteiger partial charge in [-0.15, -0.1) is 0 Å². The normalized spacial score (nSPS) is 12.1. The zero-order valence-electron chi connectivity index (χ0n) is 72.3. The molecular formula is C122H89N3O2S3Si. The molecule has 0 saturated heterocycles. The molecule has 0 aliphatic carbocycles. The van der Waals surface area contributed by atoms with Gasteiger partial charge in [-0.25, -0.2) is 0 Å². The van der Waals surface area contributed by atoms with Crippen molar-refractivity contribution in [3.05, 3.63) is 504 Å². The van der Waals surface area contributed by atoms with E-state index in [2.05, 4.69) is 519 Å². The van der Waals surface area contributed by atoms with Gasteiger partial charge in [-0.2, -0.15) is 0 Å². The van der Waals surface area contributed by atoms with E-state index >= 15 is 0 Å². The minimum Gasteiger partial charge on any atom is -0.457 e. The van der Waals surface area contributed by atoms with Gasteiger partial charge in [0.2, 0.25) is 0 Å². The summed E-state index contributed by atoms with van der Waals surface area (Å²) in [6.45, 7) is 4.84. The van der Waals surface area contributed by atoms with Crippen LogP contribution in [0.15, 0.2) is 533 Å². The summed E-state index contributed by atoms with van der Waals surface area (Å²) in [5.74, 6) is 3.82. The zero-order valence-corrected chi connectivity index (χ0v) is 75.8. The average Bonchev–Trinajstić information content (AvgIpc) is 0.734. The van der Waals surface area contributed by atoms with E-state index in [1.807, 2.05) is 35.7 Å². The third kappa shape index (κ3) is 17.6. The first kappa shape index (κ1) is 82.6. The lowest BCUT2D eigenvalue weighted by Crippen LogP contribution is -2.56. The van der Waals surface area contributed by atoms with Crippen LogP contribution in [0.1, 0.15) is 0 Å². The molecule has 0 saturated carbocycles. The molecular weight excluding hydrogens is 1660 g/mol. The highest BCUT2D eigenvalue weighted by Crippen LogP contribution is 2.54. The number of ether oxygens (including phenoxy) is 2. The topological polar surface area (TPSA) is 28.2 Å². The molecule has 5 nitrogen and oxygen atoms in total.